The highest BCUT2D eigenvalue weighted by Gasteiger charge is 2.08. The van der Waals surface area contributed by atoms with E-state index >= 15 is 0 Å². The molecule has 0 radical (unpaired) electrons. The number of fused-ring (bicyclic) bond motifs is 1. The topological polar surface area (TPSA) is 73.5 Å². The molecule has 0 aliphatic heterocycles. The van der Waals surface area contributed by atoms with Gasteiger partial charge in [0.1, 0.15) is 0 Å². The lowest BCUT2D eigenvalue weighted by Crippen LogP contribution is -2.33. The molecule has 25 heavy (non-hydrogen) atoms. The second-order valence-electron chi connectivity index (χ2n) is 5.31. The maximum absolute atomic E-state index is 9.81. The maximum Gasteiger partial charge on any atom is 0.176 e. The molecule has 130 valence electrons. The van der Waals surface area contributed by atoms with Crippen molar-refractivity contribution in [3.63, 3.8) is 0 Å². The van der Waals surface area contributed by atoms with Gasteiger partial charge in [-0.3, -0.25) is 0 Å². The molecule has 2 aromatic carbocycles. The molecule has 0 fully saturated rings. The van der Waals surface area contributed by atoms with Crippen LogP contribution < -0.4 is 14.4 Å². The number of aromatic hydroxyl groups is 1. The fourth-order valence-corrected chi connectivity index (χ4v) is 2.72. The fourth-order valence-electron chi connectivity index (χ4n) is 2.51. The summed E-state index contributed by atoms with van der Waals surface area (Å²) in [5, 5.41) is 20.8. The lowest BCUT2D eigenvalue weighted by Gasteiger charge is -2.05. The second kappa shape index (κ2) is 8.89. The highest BCUT2D eigenvalue weighted by Crippen LogP contribution is 2.30. The molecule has 5 nitrogen and oxygen atoms in total. The molecular weight excluding hydrogens is 342 g/mol. The molecule has 0 aliphatic carbocycles. The fraction of sp³-hybridized carbons (Fsp3) is 0.158. The molecule has 0 unspecified atom stereocenters. The Labute approximate surface area is 150 Å². The minimum atomic E-state index is -0.500. The number of carboxylic acid groups (broad SMARTS) is 1. The Morgan fingerprint density at radius 1 is 1.24 bits per heavy atom. The molecular formula is C19H18ClNO4. The molecule has 1 heterocycles. The number of halogens is 1. The third-order valence-corrected chi connectivity index (χ3v) is 3.92. The van der Waals surface area contributed by atoms with Crippen LogP contribution in [0.2, 0.25) is 5.02 Å². The molecule has 1 N–H and O–H groups in total. The van der Waals surface area contributed by atoms with Gasteiger partial charge in [0.2, 0.25) is 0 Å². The number of phenolic OH excluding ortho intramolecular Hbond substituents is 1. The van der Waals surface area contributed by atoms with Gasteiger partial charge in [0.05, 0.1) is 7.11 Å². The SMILES string of the molecule is COc1cc2c[n+](CCc3cccc(Cl)c3)ccc2cc1O.O=C[O-]. The van der Waals surface area contributed by atoms with Gasteiger partial charge in [-0.25, -0.2) is 4.57 Å². The Hall–Kier alpha value is -2.79. The van der Waals surface area contributed by atoms with Crippen LogP contribution >= 0.6 is 11.6 Å². The van der Waals surface area contributed by atoms with Crippen LogP contribution in [0.25, 0.3) is 10.8 Å². The molecule has 0 saturated carbocycles. The van der Waals surface area contributed by atoms with Crippen LogP contribution in [0.15, 0.2) is 54.9 Å². The van der Waals surface area contributed by atoms with E-state index in [2.05, 4.69) is 16.8 Å². The number of ether oxygens (including phenoxy) is 1. The van der Waals surface area contributed by atoms with Gasteiger partial charge in [-0.05, 0) is 35.2 Å². The number of nitrogens with zero attached hydrogens (tertiary/aromatic N) is 1. The van der Waals surface area contributed by atoms with Crippen LogP contribution in [0.5, 0.6) is 11.5 Å². The molecule has 3 rings (SSSR count). The highest BCUT2D eigenvalue weighted by atomic mass is 35.5. The average molecular weight is 360 g/mol. The van der Waals surface area contributed by atoms with Crippen molar-refractivity contribution in [3.8, 4) is 11.5 Å². The molecule has 0 bridgehead atoms. The van der Waals surface area contributed by atoms with Gasteiger partial charge in [0.15, 0.2) is 30.4 Å². The predicted octanol–water partition coefficient (Wildman–Crippen LogP) is 2.10. The number of aryl methyl sites for hydroxylation is 2. The van der Waals surface area contributed by atoms with Gasteiger partial charge in [0.25, 0.3) is 0 Å². The van der Waals surface area contributed by atoms with Crippen molar-refractivity contribution in [2.75, 3.05) is 7.11 Å². The Morgan fingerprint density at radius 3 is 2.68 bits per heavy atom. The third kappa shape index (κ3) is 5.09. The first-order valence-electron chi connectivity index (χ1n) is 7.57. The van der Waals surface area contributed by atoms with Crippen LogP contribution in [0.3, 0.4) is 0 Å². The van der Waals surface area contributed by atoms with E-state index in [1.165, 1.54) is 5.56 Å². The van der Waals surface area contributed by atoms with E-state index in [9.17, 15) is 5.11 Å². The van der Waals surface area contributed by atoms with Crippen molar-refractivity contribution in [1.82, 2.24) is 0 Å². The number of rotatable bonds is 4. The second-order valence-corrected chi connectivity index (χ2v) is 5.75. The van der Waals surface area contributed by atoms with Crippen molar-refractivity contribution >= 4 is 28.8 Å². The molecule has 0 amide bonds. The van der Waals surface area contributed by atoms with Gasteiger partial charge in [-0.15, -0.1) is 0 Å². The number of benzene rings is 2. The molecule has 0 aliphatic rings. The molecule has 0 spiro atoms. The Bertz CT molecular complexity index is 867. The zero-order valence-electron chi connectivity index (χ0n) is 13.7. The summed E-state index contributed by atoms with van der Waals surface area (Å²) in [7, 11) is 1.55. The van der Waals surface area contributed by atoms with Crippen LogP contribution in [-0.4, -0.2) is 18.7 Å². The molecule has 0 atom stereocenters. The third-order valence-electron chi connectivity index (χ3n) is 3.68. The summed E-state index contributed by atoms with van der Waals surface area (Å²) >= 11 is 6.01. The van der Waals surface area contributed by atoms with E-state index in [0.29, 0.717) is 5.75 Å². The first-order valence-corrected chi connectivity index (χ1v) is 7.95. The van der Waals surface area contributed by atoms with Crippen molar-refractivity contribution in [2.24, 2.45) is 0 Å². The lowest BCUT2D eigenvalue weighted by atomic mass is 10.1. The van der Waals surface area contributed by atoms with Gasteiger partial charge >= 0.3 is 0 Å². The number of pyridine rings is 1. The summed E-state index contributed by atoms with van der Waals surface area (Å²) in [6.07, 6.45) is 4.98. The summed E-state index contributed by atoms with van der Waals surface area (Å²) in [6.45, 7) is 0.361. The quantitative estimate of drug-likeness (QED) is 0.572. The number of phenols is 1. The highest BCUT2D eigenvalue weighted by molar-refractivity contribution is 6.30. The van der Waals surface area contributed by atoms with Crippen molar-refractivity contribution in [2.45, 2.75) is 13.0 Å². The standard InChI is InChI=1S/C18H16ClNO2.CH2O2/c1-22-18-11-15-12-20(8-6-14(15)10-17(18)21)7-5-13-3-2-4-16(19)9-13;2-1-3/h2-4,6,8-12H,5,7H2,1H3;1H,(H,2,3). The van der Waals surface area contributed by atoms with Gasteiger partial charge in [-0.1, -0.05) is 23.7 Å². The number of aromatic nitrogens is 1. The normalized spacial score (nSPS) is 10.0. The van der Waals surface area contributed by atoms with E-state index in [1.54, 1.807) is 13.2 Å². The summed E-state index contributed by atoms with van der Waals surface area (Å²) in [5.41, 5.74) is 1.21. The van der Waals surface area contributed by atoms with E-state index in [1.807, 2.05) is 36.5 Å². The van der Waals surface area contributed by atoms with E-state index in [4.69, 9.17) is 26.2 Å². The van der Waals surface area contributed by atoms with E-state index < -0.39 is 6.47 Å². The van der Waals surface area contributed by atoms with Gasteiger partial charge < -0.3 is 19.7 Å². The van der Waals surface area contributed by atoms with Crippen LogP contribution in [0.1, 0.15) is 5.56 Å². The van der Waals surface area contributed by atoms with Crippen LogP contribution in [0, 0.1) is 0 Å². The minimum Gasteiger partial charge on any atom is -0.554 e. The van der Waals surface area contributed by atoms with E-state index in [-0.39, 0.29) is 5.75 Å². The summed E-state index contributed by atoms with van der Waals surface area (Å²) < 4.78 is 7.29. The summed E-state index contributed by atoms with van der Waals surface area (Å²) in [4.78, 5) is 8.25. The zero-order chi connectivity index (χ0) is 18.2. The minimum absolute atomic E-state index is 0.159. The Balaban J connectivity index is 0.000000701. The van der Waals surface area contributed by atoms with Crippen LogP contribution in [0.4, 0.5) is 0 Å². The monoisotopic (exact) mass is 359 g/mol. The van der Waals surface area contributed by atoms with Crippen molar-refractivity contribution in [3.05, 3.63) is 65.4 Å². The largest absolute Gasteiger partial charge is 0.554 e. The smallest absolute Gasteiger partial charge is 0.176 e. The number of hydrogen-bond acceptors (Lipinski definition) is 4. The zero-order valence-corrected chi connectivity index (χ0v) is 14.4. The lowest BCUT2D eigenvalue weighted by molar-refractivity contribution is -0.695. The summed E-state index contributed by atoms with van der Waals surface area (Å²) in [5.74, 6) is 0.645. The van der Waals surface area contributed by atoms with Gasteiger partial charge in [0, 0.05) is 29.4 Å². The van der Waals surface area contributed by atoms with Crippen molar-refractivity contribution < 1.29 is 24.3 Å². The first-order chi connectivity index (χ1) is 12.1. The van der Waals surface area contributed by atoms with Gasteiger partial charge in [-0.2, -0.15) is 0 Å². The first kappa shape index (κ1) is 18.5. The Morgan fingerprint density at radius 2 is 2.00 bits per heavy atom. The molecule has 1 aromatic heterocycles. The van der Waals surface area contributed by atoms with E-state index in [0.717, 1.165) is 28.8 Å². The maximum atomic E-state index is 9.81. The van der Waals surface area contributed by atoms with Crippen molar-refractivity contribution in [1.29, 1.82) is 0 Å². The predicted molar refractivity (Wildman–Crippen MR) is 93.6 cm³/mol. The van der Waals surface area contributed by atoms with Crippen LogP contribution in [-0.2, 0) is 17.8 Å². The molecule has 3 aromatic rings. The average Bonchev–Trinajstić information content (AvgIpc) is 2.60. The Kier molecular flexibility index (Phi) is 6.60. The summed E-state index contributed by atoms with van der Waals surface area (Å²) in [6, 6.07) is 13.5. The molecule has 0 saturated heterocycles. The number of carbonyl (C=O) groups is 1. The number of methoxy groups -OCH3 is 1. The molecule has 6 heteroatoms. The number of carbonyl (C=O) groups excluding carboxylic acids is 1. The number of hydrogen-bond donors (Lipinski definition) is 1.